The first-order valence-electron chi connectivity index (χ1n) is 7.37. The van der Waals surface area contributed by atoms with Crippen molar-refractivity contribution in [1.82, 2.24) is 0 Å². The van der Waals surface area contributed by atoms with Crippen LogP contribution in [0.5, 0.6) is 5.75 Å². The van der Waals surface area contributed by atoms with E-state index in [1.807, 2.05) is 0 Å². The van der Waals surface area contributed by atoms with Crippen molar-refractivity contribution in [3.05, 3.63) is 28.8 Å². The molecule has 0 aliphatic rings. The standard InChI is InChI=1S/C18H26O/c1-5-7-8-9-10-11-17-14-15(3)13-16(4)18(17)19-12-6-2/h13-14H,5-7,10-12H2,1-4H3. The quantitative estimate of drug-likeness (QED) is 0.664. The molecule has 0 saturated heterocycles. The van der Waals surface area contributed by atoms with Crippen molar-refractivity contribution in [2.75, 3.05) is 6.61 Å². The second-order valence-electron chi connectivity index (χ2n) is 5.02. The lowest BCUT2D eigenvalue weighted by molar-refractivity contribution is 0.312. The molecule has 0 N–H and O–H groups in total. The lowest BCUT2D eigenvalue weighted by Crippen LogP contribution is -2.02. The van der Waals surface area contributed by atoms with E-state index in [2.05, 4.69) is 51.7 Å². The normalized spacial score (nSPS) is 9.89. The van der Waals surface area contributed by atoms with E-state index in [9.17, 15) is 0 Å². The molecule has 1 aromatic carbocycles. The fourth-order valence-electron chi connectivity index (χ4n) is 2.14. The third-order valence-electron chi connectivity index (χ3n) is 2.97. The van der Waals surface area contributed by atoms with E-state index in [1.165, 1.54) is 16.7 Å². The molecular weight excluding hydrogens is 232 g/mol. The number of unbranched alkanes of at least 4 members (excludes halogenated alkanes) is 1. The highest BCUT2D eigenvalue weighted by Crippen LogP contribution is 2.26. The van der Waals surface area contributed by atoms with E-state index >= 15 is 0 Å². The van der Waals surface area contributed by atoms with Crippen LogP contribution in [-0.2, 0) is 6.42 Å². The second kappa shape index (κ2) is 8.64. The van der Waals surface area contributed by atoms with Crippen LogP contribution >= 0.6 is 0 Å². The topological polar surface area (TPSA) is 9.23 Å². The summed E-state index contributed by atoms with van der Waals surface area (Å²) in [5, 5.41) is 0. The molecule has 1 nitrogen and oxygen atoms in total. The first kappa shape index (κ1) is 15.6. The summed E-state index contributed by atoms with van der Waals surface area (Å²) >= 11 is 0. The SMILES string of the molecule is CCCC#CCCc1cc(C)cc(C)c1OCCC. The van der Waals surface area contributed by atoms with E-state index in [4.69, 9.17) is 4.74 Å². The molecule has 0 unspecified atom stereocenters. The van der Waals surface area contributed by atoms with Crippen LogP contribution in [0.15, 0.2) is 12.1 Å². The third kappa shape index (κ3) is 5.39. The molecule has 0 heterocycles. The lowest BCUT2D eigenvalue weighted by atomic mass is 10.0. The lowest BCUT2D eigenvalue weighted by Gasteiger charge is -2.14. The van der Waals surface area contributed by atoms with Gasteiger partial charge in [-0.05, 0) is 44.2 Å². The maximum Gasteiger partial charge on any atom is 0.125 e. The highest BCUT2D eigenvalue weighted by atomic mass is 16.5. The van der Waals surface area contributed by atoms with Gasteiger partial charge < -0.3 is 4.74 Å². The number of aryl methyl sites for hydroxylation is 3. The molecule has 19 heavy (non-hydrogen) atoms. The van der Waals surface area contributed by atoms with Gasteiger partial charge in [0.1, 0.15) is 5.75 Å². The minimum Gasteiger partial charge on any atom is -0.493 e. The van der Waals surface area contributed by atoms with Gasteiger partial charge in [0.15, 0.2) is 0 Å². The Labute approximate surface area is 118 Å². The van der Waals surface area contributed by atoms with Gasteiger partial charge in [-0.25, -0.2) is 0 Å². The van der Waals surface area contributed by atoms with Gasteiger partial charge in [0.05, 0.1) is 6.61 Å². The van der Waals surface area contributed by atoms with Gasteiger partial charge in [0, 0.05) is 12.8 Å². The van der Waals surface area contributed by atoms with Crippen LogP contribution in [0.2, 0.25) is 0 Å². The summed E-state index contributed by atoms with van der Waals surface area (Å²) in [5.41, 5.74) is 3.85. The minimum absolute atomic E-state index is 0.790. The van der Waals surface area contributed by atoms with Gasteiger partial charge in [0.2, 0.25) is 0 Å². The van der Waals surface area contributed by atoms with Crippen LogP contribution in [-0.4, -0.2) is 6.61 Å². The van der Waals surface area contributed by atoms with Crippen molar-refractivity contribution >= 4 is 0 Å². The molecule has 0 spiro atoms. The number of benzene rings is 1. The minimum atomic E-state index is 0.790. The molecule has 0 saturated carbocycles. The molecule has 0 aromatic heterocycles. The largest absolute Gasteiger partial charge is 0.493 e. The maximum absolute atomic E-state index is 5.90. The molecule has 0 fully saturated rings. The summed E-state index contributed by atoms with van der Waals surface area (Å²) in [4.78, 5) is 0. The predicted molar refractivity (Wildman–Crippen MR) is 82.7 cm³/mol. The van der Waals surface area contributed by atoms with Crippen molar-refractivity contribution in [3.8, 4) is 17.6 Å². The van der Waals surface area contributed by atoms with E-state index in [0.29, 0.717) is 0 Å². The van der Waals surface area contributed by atoms with Crippen LogP contribution in [0, 0.1) is 25.7 Å². The van der Waals surface area contributed by atoms with Gasteiger partial charge in [-0.15, -0.1) is 11.8 Å². The zero-order chi connectivity index (χ0) is 14.1. The summed E-state index contributed by atoms with van der Waals surface area (Å²) in [6.45, 7) is 9.36. The smallest absolute Gasteiger partial charge is 0.125 e. The summed E-state index contributed by atoms with van der Waals surface area (Å²) in [5.74, 6) is 7.53. The molecule has 1 heteroatoms. The van der Waals surface area contributed by atoms with Crippen molar-refractivity contribution < 1.29 is 4.74 Å². The Hall–Kier alpha value is -1.42. The number of ether oxygens (including phenoxy) is 1. The van der Waals surface area contributed by atoms with Gasteiger partial charge in [-0.2, -0.15) is 0 Å². The molecule has 0 radical (unpaired) electrons. The van der Waals surface area contributed by atoms with Crippen molar-refractivity contribution in [2.45, 2.75) is 59.8 Å². The highest BCUT2D eigenvalue weighted by Gasteiger charge is 2.07. The Balaban J connectivity index is 2.77. The average Bonchev–Trinajstić information content (AvgIpc) is 2.37. The molecule has 0 aliphatic carbocycles. The summed E-state index contributed by atoms with van der Waals surface area (Å²) in [6, 6.07) is 4.43. The predicted octanol–water partition coefficient (Wildman–Crippen LogP) is 4.83. The second-order valence-corrected chi connectivity index (χ2v) is 5.02. The summed E-state index contributed by atoms with van der Waals surface area (Å²) in [7, 11) is 0. The molecule has 104 valence electrons. The summed E-state index contributed by atoms with van der Waals surface area (Å²) in [6.07, 6.45) is 5.10. The summed E-state index contributed by atoms with van der Waals surface area (Å²) < 4.78 is 5.90. The van der Waals surface area contributed by atoms with Crippen LogP contribution in [0.25, 0.3) is 0 Å². The number of hydrogen-bond donors (Lipinski definition) is 0. The Bertz CT molecular complexity index is 449. The van der Waals surface area contributed by atoms with E-state index in [-0.39, 0.29) is 0 Å². The fraction of sp³-hybridized carbons (Fsp3) is 0.556. The van der Waals surface area contributed by atoms with Gasteiger partial charge in [-0.3, -0.25) is 0 Å². The Morgan fingerprint density at radius 2 is 1.74 bits per heavy atom. The van der Waals surface area contributed by atoms with Gasteiger partial charge in [-0.1, -0.05) is 31.5 Å². The first-order chi connectivity index (χ1) is 9.19. The number of hydrogen-bond acceptors (Lipinski definition) is 1. The Kier molecular flexibility index (Phi) is 7.11. The Morgan fingerprint density at radius 3 is 2.42 bits per heavy atom. The van der Waals surface area contributed by atoms with E-state index in [0.717, 1.165) is 44.5 Å². The third-order valence-corrected chi connectivity index (χ3v) is 2.97. The molecule has 0 bridgehead atoms. The van der Waals surface area contributed by atoms with Crippen LogP contribution in [0.4, 0.5) is 0 Å². The molecular formula is C18H26O. The molecule has 0 atom stereocenters. The Morgan fingerprint density at radius 1 is 1.00 bits per heavy atom. The monoisotopic (exact) mass is 258 g/mol. The average molecular weight is 258 g/mol. The van der Waals surface area contributed by atoms with Crippen LogP contribution in [0.3, 0.4) is 0 Å². The highest BCUT2D eigenvalue weighted by molar-refractivity contribution is 5.44. The van der Waals surface area contributed by atoms with E-state index < -0.39 is 0 Å². The van der Waals surface area contributed by atoms with Crippen LogP contribution in [0.1, 0.15) is 56.2 Å². The van der Waals surface area contributed by atoms with Crippen molar-refractivity contribution in [3.63, 3.8) is 0 Å². The van der Waals surface area contributed by atoms with Crippen molar-refractivity contribution in [1.29, 1.82) is 0 Å². The molecule has 1 aromatic rings. The van der Waals surface area contributed by atoms with E-state index in [1.54, 1.807) is 0 Å². The van der Waals surface area contributed by atoms with Crippen molar-refractivity contribution in [2.24, 2.45) is 0 Å². The molecule has 0 amide bonds. The number of rotatable bonds is 6. The van der Waals surface area contributed by atoms with Gasteiger partial charge >= 0.3 is 0 Å². The zero-order valence-corrected chi connectivity index (χ0v) is 12.8. The van der Waals surface area contributed by atoms with Crippen LogP contribution < -0.4 is 4.74 Å². The molecule has 1 rings (SSSR count). The maximum atomic E-state index is 5.90. The van der Waals surface area contributed by atoms with Gasteiger partial charge in [0.25, 0.3) is 0 Å². The zero-order valence-electron chi connectivity index (χ0n) is 12.8. The first-order valence-corrected chi connectivity index (χ1v) is 7.37. The fourth-order valence-corrected chi connectivity index (χ4v) is 2.14. The molecule has 0 aliphatic heterocycles.